The van der Waals surface area contributed by atoms with E-state index < -0.39 is 0 Å². The van der Waals surface area contributed by atoms with Crippen LogP contribution in [0.2, 0.25) is 0 Å². The van der Waals surface area contributed by atoms with Crippen molar-refractivity contribution in [1.82, 2.24) is 4.98 Å². The lowest BCUT2D eigenvalue weighted by molar-refractivity contribution is 0.111. The smallest absolute Gasteiger partial charge is 0.185 e. The van der Waals surface area contributed by atoms with Gasteiger partial charge in [0.2, 0.25) is 0 Å². The van der Waals surface area contributed by atoms with Gasteiger partial charge in [-0.3, -0.25) is 4.79 Å². The molecule has 0 atom stereocenters. The third-order valence-corrected chi connectivity index (χ3v) is 5.20. The van der Waals surface area contributed by atoms with Crippen LogP contribution in [0.25, 0.3) is 10.4 Å². The predicted octanol–water partition coefficient (Wildman–Crippen LogP) is 4.45. The number of rotatable bonds is 7. The molecule has 2 aromatic carbocycles. The van der Waals surface area contributed by atoms with Crippen LogP contribution in [0.5, 0.6) is 5.75 Å². The molecular weight excluding hydrogens is 332 g/mol. The van der Waals surface area contributed by atoms with Gasteiger partial charge in [0.05, 0.1) is 22.7 Å². The van der Waals surface area contributed by atoms with Gasteiger partial charge < -0.3 is 9.64 Å². The maximum atomic E-state index is 11.0. The molecule has 128 valence electrons. The Hall–Kier alpha value is -2.66. The Morgan fingerprint density at radius 1 is 1.12 bits per heavy atom. The van der Waals surface area contributed by atoms with Crippen LogP contribution in [-0.4, -0.2) is 31.5 Å². The number of nitrogens with zero attached hydrogens (tertiary/aromatic N) is 2. The van der Waals surface area contributed by atoms with E-state index in [4.69, 9.17) is 4.74 Å². The summed E-state index contributed by atoms with van der Waals surface area (Å²) < 4.78 is 5.75. The lowest BCUT2D eigenvalue weighted by Gasteiger charge is -2.16. The van der Waals surface area contributed by atoms with Crippen LogP contribution >= 0.6 is 11.3 Å². The number of anilines is 1. The van der Waals surface area contributed by atoms with Crippen LogP contribution in [0, 0.1) is 6.92 Å². The van der Waals surface area contributed by atoms with Crippen molar-refractivity contribution in [2.75, 3.05) is 25.1 Å². The van der Waals surface area contributed by atoms with E-state index >= 15 is 0 Å². The summed E-state index contributed by atoms with van der Waals surface area (Å²) in [5.74, 6) is 0.617. The van der Waals surface area contributed by atoms with Crippen molar-refractivity contribution < 1.29 is 9.53 Å². The first-order chi connectivity index (χ1) is 12.2. The number of likely N-dealkylation sites (N-methyl/N-ethyl adjacent to an activating group) is 1. The third-order valence-electron chi connectivity index (χ3n) is 3.88. The Morgan fingerprint density at radius 2 is 1.84 bits per heavy atom. The van der Waals surface area contributed by atoms with Crippen molar-refractivity contribution in [2.24, 2.45) is 0 Å². The summed E-state index contributed by atoms with van der Waals surface area (Å²) >= 11 is 1.68. The summed E-state index contributed by atoms with van der Waals surface area (Å²) in [5, 5.41) is 0.962. The Kier molecular flexibility index (Phi) is 5.46. The molecule has 4 nitrogen and oxygen atoms in total. The number of aromatic nitrogens is 1. The number of para-hydroxylation sites is 1. The van der Waals surface area contributed by atoms with E-state index in [1.165, 1.54) is 10.4 Å². The summed E-state index contributed by atoms with van der Waals surface area (Å²) in [5.41, 5.74) is 2.79. The van der Waals surface area contributed by atoms with Gasteiger partial charge >= 0.3 is 0 Å². The fourth-order valence-corrected chi connectivity index (χ4v) is 3.56. The molecule has 0 bridgehead atoms. The molecule has 0 N–H and O–H groups in total. The number of hydrogen-bond acceptors (Lipinski definition) is 5. The van der Waals surface area contributed by atoms with Gasteiger partial charge in [0.1, 0.15) is 12.4 Å². The van der Waals surface area contributed by atoms with Crippen LogP contribution in [0.15, 0.2) is 54.6 Å². The Balaban J connectivity index is 1.64. The number of hydrogen-bond donors (Lipinski definition) is 0. The van der Waals surface area contributed by atoms with E-state index in [2.05, 4.69) is 22.0 Å². The fourth-order valence-electron chi connectivity index (χ4n) is 2.50. The summed E-state index contributed by atoms with van der Waals surface area (Å²) in [6, 6.07) is 17.5. The van der Waals surface area contributed by atoms with Crippen molar-refractivity contribution >= 4 is 22.8 Å². The average Bonchev–Trinajstić information content (AvgIpc) is 3.04. The molecule has 1 aromatic heterocycles. The highest BCUT2D eigenvalue weighted by Gasteiger charge is 2.13. The number of aryl methyl sites for hydroxylation is 1. The van der Waals surface area contributed by atoms with E-state index in [0.717, 1.165) is 17.1 Å². The zero-order valence-corrected chi connectivity index (χ0v) is 15.1. The van der Waals surface area contributed by atoms with Crippen molar-refractivity contribution in [2.45, 2.75) is 6.92 Å². The molecule has 0 aliphatic carbocycles. The molecule has 1 heterocycles. The van der Waals surface area contributed by atoms with Gasteiger partial charge in [0.15, 0.2) is 11.4 Å². The fraction of sp³-hybridized carbons (Fsp3) is 0.200. The Morgan fingerprint density at radius 3 is 2.60 bits per heavy atom. The number of benzene rings is 2. The quantitative estimate of drug-likeness (QED) is 0.589. The Bertz CT molecular complexity index is 846. The van der Waals surface area contributed by atoms with Crippen LogP contribution in [0.4, 0.5) is 5.13 Å². The van der Waals surface area contributed by atoms with Crippen LogP contribution in [-0.2, 0) is 0 Å². The van der Waals surface area contributed by atoms with E-state index in [1.807, 2.05) is 50.4 Å². The molecule has 0 saturated carbocycles. The highest BCUT2D eigenvalue weighted by molar-refractivity contribution is 7.19. The van der Waals surface area contributed by atoms with Gasteiger partial charge in [-0.15, -0.1) is 0 Å². The molecule has 0 fully saturated rings. The first-order valence-corrected chi connectivity index (χ1v) is 8.91. The SMILES string of the molecule is Cc1nc(N(C)CCOc2ccccc2C=O)sc1-c1ccccc1. The van der Waals surface area contributed by atoms with Crippen molar-refractivity contribution in [3.05, 3.63) is 65.9 Å². The molecule has 0 unspecified atom stereocenters. The van der Waals surface area contributed by atoms with Gasteiger partial charge in [0.25, 0.3) is 0 Å². The summed E-state index contributed by atoms with van der Waals surface area (Å²) in [7, 11) is 2.00. The second-order valence-corrected chi connectivity index (χ2v) is 6.68. The Labute approximate surface area is 151 Å². The van der Waals surface area contributed by atoms with Gasteiger partial charge in [-0.1, -0.05) is 53.8 Å². The molecular formula is C20H20N2O2S. The van der Waals surface area contributed by atoms with Gasteiger partial charge in [0, 0.05) is 7.05 Å². The largest absolute Gasteiger partial charge is 0.491 e. The van der Waals surface area contributed by atoms with E-state index in [0.29, 0.717) is 24.5 Å². The van der Waals surface area contributed by atoms with Crippen molar-refractivity contribution in [3.8, 4) is 16.2 Å². The minimum absolute atomic E-state index is 0.487. The lowest BCUT2D eigenvalue weighted by atomic mass is 10.2. The van der Waals surface area contributed by atoms with Crippen LogP contribution in [0.3, 0.4) is 0 Å². The lowest BCUT2D eigenvalue weighted by Crippen LogP contribution is -2.23. The van der Waals surface area contributed by atoms with Crippen molar-refractivity contribution in [3.63, 3.8) is 0 Å². The average molecular weight is 352 g/mol. The second kappa shape index (κ2) is 7.94. The summed E-state index contributed by atoms with van der Waals surface area (Å²) in [4.78, 5) is 19.0. The minimum Gasteiger partial charge on any atom is -0.491 e. The van der Waals surface area contributed by atoms with Gasteiger partial charge in [-0.25, -0.2) is 4.98 Å². The maximum Gasteiger partial charge on any atom is 0.185 e. The van der Waals surface area contributed by atoms with Crippen molar-refractivity contribution in [1.29, 1.82) is 0 Å². The number of carbonyl (C=O) groups is 1. The highest BCUT2D eigenvalue weighted by atomic mass is 32.1. The third kappa shape index (κ3) is 4.06. The molecule has 0 radical (unpaired) electrons. The van der Waals surface area contributed by atoms with Gasteiger partial charge in [-0.05, 0) is 24.6 Å². The number of thiazole rings is 1. The molecule has 3 rings (SSSR count). The number of carbonyl (C=O) groups excluding carboxylic acids is 1. The van der Waals surface area contributed by atoms with E-state index in [9.17, 15) is 4.79 Å². The topological polar surface area (TPSA) is 42.4 Å². The number of aldehydes is 1. The monoisotopic (exact) mass is 352 g/mol. The molecule has 0 spiro atoms. The zero-order valence-electron chi connectivity index (χ0n) is 14.3. The maximum absolute atomic E-state index is 11.0. The highest BCUT2D eigenvalue weighted by Crippen LogP contribution is 2.33. The number of ether oxygens (including phenoxy) is 1. The second-order valence-electron chi connectivity index (χ2n) is 5.70. The molecule has 0 saturated heterocycles. The normalized spacial score (nSPS) is 10.5. The van der Waals surface area contributed by atoms with E-state index in [-0.39, 0.29) is 0 Å². The zero-order chi connectivity index (χ0) is 17.6. The molecule has 0 aliphatic rings. The molecule has 0 amide bonds. The first-order valence-electron chi connectivity index (χ1n) is 8.10. The summed E-state index contributed by atoms with van der Waals surface area (Å²) in [6.45, 7) is 3.21. The van der Waals surface area contributed by atoms with E-state index in [1.54, 1.807) is 17.4 Å². The molecule has 5 heteroatoms. The van der Waals surface area contributed by atoms with Crippen LogP contribution in [0.1, 0.15) is 16.1 Å². The molecule has 3 aromatic rings. The van der Waals surface area contributed by atoms with Gasteiger partial charge in [-0.2, -0.15) is 0 Å². The molecule has 0 aliphatic heterocycles. The minimum atomic E-state index is 0.487. The summed E-state index contributed by atoms with van der Waals surface area (Å²) in [6.07, 6.45) is 0.815. The standard InChI is InChI=1S/C20H20N2O2S/c1-15-19(16-8-4-3-5-9-16)25-20(21-15)22(2)12-13-24-18-11-7-6-10-17(18)14-23/h3-11,14H,12-13H2,1-2H3. The first kappa shape index (κ1) is 17.2. The predicted molar refractivity (Wildman–Crippen MR) is 103 cm³/mol. The van der Waals surface area contributed by atoms with Crippen LogP contribution < -0.4 is 9.64 Å². The molecule has 25 heavy (non-hydrogen) atoms.